The zero-order valence-corrected chi connectivity index (χ0v) is 12.4. The molecule has 6 heteroatoms. The van der Waals surface area contributed by atoms with Crippen LogP contribution in [0.5, 0.6) is 0 Å². The van der Waals surface area contributed by atoms with Gasteiger partial charge in [0.25, 0.3) is 0 Å². The van der Waals surface area contributed by atoms with E-state index in [2.05, 4.69) is 18.6 Å². The van der Waals surface area contributed by atoms with Gasteiger partial charge in [0.2, 0.25) is 10.0 Å². The Morgan fingerprint density at radius 2 is 2.17 bits per heavy atom. The Kier molecular flexibility index (Phi) is 5.58. The topological polar surface area (TPSA) is 81.4 Å². The van der Waals surface area contributed by atoms with Crippen LogP contribution in [0.4, 0.5) is 0 Å². The van der Waals surface area contributed by atoms with Gasteiger partial charge in [-0.1, -0.05) is 13.8 Å². The van der Waals surface area contributed by atoms with Crippen LogP contribution in [0.3, 0.4) is 0 Å². The largest absolute Gasteiger partial charge is 0.380 e. The molecule has 5 nitrogen and oxygen atoms in total. The van der Waals surface area contributed by atoms with Gasteiger partial charge < -0.3 is 10.5 Å². The summed E-state index contributed by atoms with van der Waals surface area (Å²) in [6.07, 6.45) is 2.20. The normalized spacial score (nSPS) is 25.1. The summed E-state index contributed by atoms with van der Waals surface area (Å²) in [5, 5.41) is -0.440. The summed E-state index contributed by atoms with van der Waals surface area (Å²) in [5.74, 6) is 0.392. The van der Waals surface area contributed by atoms with Crippen LogP contribution in [0, 0.1) is 5.92 Å². The third-order valence-electron chi connectivity index (χ3n) is 3.26. The Balaban J connectivity index is 2.72. The first-order valence-corrected chi connectivity index (χ1v) is 8.14. The average Bonchev–Trinajstić information content (AvgIpc) is 2.28. The van der Waals surface area contributed by atoms with Crippen molar-refractivity contribution in [2.24, 2.45) is 11.7 Å². The molecular weight excluding hydrogens is 252 g/mol. The summed E-state index contributed by atoms with van der Waals surface area (Å²) in [5.41, 5.74) is 5.17. The molecule has 108 valence electrons. The van der Waals surface area contributed by atoms with Gasteiger partial charge in [0.05, 0.1) is 11.9 Å². The molecule has 1 rings (SSSR count). The van der Waals surface area contributed by atoms with Gasteiger partial charge in [-0.2, -0.15) is 0 Å². The van der Waals surface area contributed by atoms with E-state index in [1.807, 2.05) is 6.92 Å². The lowest BCUT2D eigenvalue weighted by molar-refractivity contribution is 0.0984. The van der Waals surface area contributed by atoms with E-state index in [9.17, 15) is 8.42 Å². The van der Waals surface area contributed by atoms with Crippen LogP contribution in [-0.2, 0) is 14.8 Å². The molecule has 1 saturated heterocycles. The Morgan fingerprint density at radius 1 is 1.50 bits per heavy atom. The van der Waals surface area contributed by atoms with Gasteiger partial charge >= 0.3 is 0 Å². The van der Waals surface area contributed by atoms with Crippen LogP contribution < -0.4 is 10.5 Å². The third kappa shape index (κ3) is 4.50. The fourth-order valence-corrected chi connectivity index (χ4v) is 4.22. The molecule has 0 aromatic carbocycles. The molecule has 0 aliphatic carbocycles. The first-order valence-electron chi connectivity index (χ1n) is 6.60. The van der Waals surface area contributed by atoms with E-state index < -0.39 is 20.8 Å². The van der Waals surface area contributed by atoms with Crippen molar-refractivity contribution in [1.82, 2.24) is 4.72 Å². The van der Waals surface area contributed by atoms with E-state index >= 15 is 0 Å². The fourth-order valence-electron chi connectivity index (χ4n) is 2.45. The van der Waals surface area contributed by atoms with Gasteiger partial charge in [-0.05, 0) is 32.1 Å². The van der Waals surface area contributed by atoms with E-state index in [1.165, 1.54) is 0 Å². The number of sulfonamides is 1. The lowest BCUT2D eigenvalue weighted by atomic mass is 9.92. The molecule has 18 heavy (non-hydrogen) atoms. The highest BCUT2D eigenvalue weighted by Gasteiger charge is 2.35. The maximum Gasteiger partial charge on any atom is 0.217 e. The SMILES string of the molecule is CC(C)CC(C)(CN)NS(=O)(=O)C1CCCOC1. The molecule has 0 saturated carbocycles. The Bertz CT molecular complexity index is 350. The van der Waals surface area contributed by atoms with Crippen molar-refractivity contribution in [2.75, 3.05) is 19.8 Å². The number of hydrogen-bond donors (Lipinski definition) is 2. The summed E-state index contributed by atoms with van der Waals surface area (Å²) >= 11 is 0. The van der Waals surface area contributed by atoms with E-state index in [4.69, 9.17) is 10.5 Å². The van der Waals surface area contributed by atoms with Crippen LogP contribution in [0.1, 0.15) is 40.0 Å². The summed E-state index contributed by atoms with van der Waals surface area (Å²) in [6, 6.07) is 0. The smallest absolute Gasteiger partial charge is 0.217 e. The molecule has 1 fully saturated rings. The Hall–Kier alpha value is -0.170. The standard InChI is InChI=1S/C12H26N2O3S/c1-10(2)7-12(3,9-13)14-18(15,16)11-5-4-6-17-8-11/h10-11,14H,4-9,13H2,1-3H3. The molecule has 0 bridgehead atoms. The van der Waals surface area contributed by atoms with Gasteiger partial charge in [0.1, 0.15) is 0 Å². The minimum absolute atomic E-state index is 0.289. The minimum Gasteiger partial charge on any atom is -0.380 e. The van der Waals surface area contributed by atoms with Crippen LogP contribution in [0.15, 0.2) is 0 Å². The van der Waals surface area contributed by atoms with E-state index in [0.717, 1.165) is 12.8 Å². The highest BCUT2D eigenvalue weighted by molar-refractivity contribution is 7.90. The molecule has 1 aliphatic rings. The molecule has 2 unspecified atom stereocenters. The Morgan fingerprint density at radius 3 is 2.61 bits per heavy atom. The number of nitrogens with one attached hydrogen (secondary N) is 1. The first kappa shape index (κ1) is 15.9. The lowest BCUT2D eigenvalue weighted by Crippen LogP contribution is -2.55. The molecule has 0 aromatic rings. The molecule has 1 aliphatic heterocycles. The molecule has 1 heterocycles. The summed E-state index contributed by atoms with van der Waals surface area (Å²) in [7, 11) is -3.35. The zero-order valence-electron chi connectivity index (χ0n) is 11.6. The molecule has 0 radical (unpaired) electrons. The van der Waals surface area contributed by atoms with Gasteiger partial charge in [0, 0.05) is 18.7 Å². The van der Waals surface area contributed by atoms with Crippen molar-refractivity contribution in [3.05, 3.63) is 0 Å². The van der Waals surface area contributed by atoms with Gasteiger partial charge in [0.15, 0.2) is 0 Å². The molecule has 0 spiro atoms. The molecule has 3 N–H and O–H groups in total. The maximum atomic E-state index is 12.3. The average molecular weight is 278 g/mol. The second kappa shape index (κ2) is 6.32. The predicted molar refractivity (Wildman–Crippen MR) is 72.8 cm³/mol. The Labute approximate surface area is 111 Å². The van der Waals surface area contributed by atoms with Crippen molar-refractivity contribution >= 4 is 10.0 Å². The second-order valence-corrected chi connectivity index (χ2v) is 7.81. The number of ether oxygens (including phenoxy) is 1. The number of nitrogens with two attached hydrogens (primary N) is 1. The summed E-state index contributed by atoms with van der Waals surface area (Å²) in [4.78, 5) is 0. The van der Waals surface area contributed by atoms with Crippen LogP contribution in [-0.4, -0.2) is 39.0 Å². The zero-order chi connectivity index (χ0) is 13.8. The molecule has 2 atom stereocenters. The monoisotopic (exact) mass is 278 g/mol. The van der Waals surface area contributed by atoms with Crippen LogP contribution in [0.2, 0.25) is 0 Å². The van der Waals surface area contributed by atoms with Gasteiger partial charge in [-0.3, -0.25) is 0 Å². The van der Waals surface area contributed by atoms with E-state index in [-0.39, 0.29) is 6.61 Å². The maximum absolute atomic E-state index is 12.3. The molecule has 0 amide bonds. The van der Waals surface area contributed by atoms with Crippen molar-refractivity contribution in [3.63, 3.8) is 0 Å². The summed E-state index contributed by atoms with van der Waals surface area (Å²) in [6.45, 7) is 7.24. The highest BCUT2D eigenvalue weighted by atomic mass is 32.2. The van der Waals surface area contributed by atoms with E-state index in [0.29, 0.717) is 25.5 Å². The van der Waals surface area contributed by atoms with Crippen molar-refractivity contribution in [2.45, 2.75) is 50.8 Å². The predicted octanol–water partition coefficient (Wildman–Crippen LogP) is 0.848. The number of hydrogen-bond acceptors (Lipinski definition) is 4. The van der Waals surface area contributed by atoms with E-state index in [1.54, 1.807) is 0 Å². The second-order valence-electron chi connectivity index (χ2n) is 5.85. The third-order valence-corrected chi connectivity index (χ3v) is 5.28. The quantitative estimate of drug-likeness (QED) is 0.754. The molecular formula is C12H26N2O3S. The fraction of sp³-hybridized carbons (Fsp3) is 1.00. The van der Waals surface area contributed by atoms with Crippen LogP contribution in [0.25, 0.3) is 0 Å². The minimum atomic E-state index is -3.35. The van der Waals surface area contributed by atoms with Crippen molar-refractivity contribution in [3.8, 4) is 0 Å². The van der Waals surface area contributed by atoms with Gasteiger partial charge in [-0.25, -0.2) is 13.1 Å². The molecule has 0 aromatic heterocycles. The number of rotatable bonds is 6. The first-order chi connectivity index (χ1) is 8.29. The van der Waals surface area contributed by atoms with Gasteiger partial charge in [-0.15, -0.1) is 0 Å². The highest BCUT2D eigenvalue weighted by Crippen LogP contribution is 2.20. The van der Waals surface area contributed by atoms with Crippen LogP contribution >= 0.6 is 0 Å². The lowest BCUT2D eigenvalue weighted by Gasteiger charge is -2.33. The summed E-state index contributed by atoms with van der Waals surface area (Å²) < 4.78 is 32.6. The van der Waals surface area contributed by atoms with Crippen molar-refractivity contribution < 1.29 is 13.2 Å². The van der Waals surface area contributed by atoms with Crippen molar-refractivity contribution in [1.29, 1.82) is 0 Å².